The number of para-hydroxylation sites is 1. The van der Waals surface area contributed by atoms with Gasteiger partial charge in [-0.2, -0.15) is 0 Å². The molecule has 1 aromatic heterocycles. The first-order valence-electron chi connectivity index (χ1n) is 9.17. The van der Waals surface area contributed by atoms with Gasteiger partial charge in [-0.3, -0.25) is 14.4 Å². The van der Waals surface area contributed by atoms with Gasteiger partial charge >= 0.3 is 0 Å². The summed E-state index contributed by atoms with van der Waals surface area (Å²) < 4.78 is 0. The summed E-state index contributed by atoms with van der Waals surface area (Å²) in [5.74, 6) is -0.0770. The number of hydrogen-bond acceptors (Lipinski definition) is 6. The molecule has 1 fully saturated rings. The largest absolute Gasteiger partial charge is 0.354 e. The minimum atomic E-state index is -0.521. The molecule has 3 amide bonds. The number of aromatic nitrogens is 1. The van der Waals surface area contributed by atoms with Crippen LogP contribution in [0.1, 0.15) is 34.8 Å². The van der Waals surface area contributed by atoms with Crippen LogP contribution in [0.5, 0.6) is 0 Å². The van der Waals surface area contributed by atoms with Gasteiger partial charge in [0.25, 0.3) is 5.91 Å². The molecule has 0 saturated carbocycles. The molecule has 2 aliphatic rings. The smallest absolute Gasteiger partial charge is 0.271 e. The topological polar surface area (TPSA) is 91.4 Å². The molecular formula is C19H20N4O3S2. The van der Waals surface area contributed by atoms with Gasteiger partial charge in [0.15, 0.2) is 0 Å². The number of hydrogen-bond donors (Lipinski definition) is 2. The van der Waals surface area contributed by atoms with Gasteiger partial charge in [0.1, 0.15) is 16.7 Å². The summed E-state index contributed by atoms with van der Waals surface area (Å²) in [7, 11) is 0. The van der Waals surface area contributed by atoms with Gasteiger partial charge in [0.2, 0.25) is 11.8 Å². The Kier molecular flexibility index (Phi) is 5.63. The average Bonchev–Trinajstić information content (AvgIpc) is 3.08. The predicted molar refractivity (Wildman–Crippen MR) is 109 cm³/mol. The second-order valence-corrected chi connectivity index (χ2v) is 8.64. The molecule has 2 aliphatic heterocycles. The normalized spacial score (nSPS) is 19.6. The summed E-state index contributed by atoms with van der Waals surface area (Å²) in [6.45, 7) is 0.980. The van der Waals surface area contributed by atoms with Gasteiger partial charge in [-0.15, -0.1) is 23.1 Å². The lowest BCUT2D eigenvalue weighted by molar-refractivity contribution is -0.122. The molecule has 1 saturated heterocycles. The number of carbonyl (C=O) groups is 3. The SMILES string of the molecule is O=C(NC1CCCCNC1=O)c1csc(CN2C(=O)CSc3ccccc32)n1. The molecule has 2 aromatic rings. The van der Waals surface area contributed by atoms with Gasteiger partial charge in [-0.1, -0.05) is 12.1 Å². The van der Waals surface area contributed by atoms with Crippen molar-refractivity contribution in [3.8, 4) is 0 Å². The molecular weight excluding hydrogens is 396 g/mol. The second-order valence-electron chi connectivity index (χ2n) is 6.68. The highest BCUT2D eigenvalue weighted by molar-refractivity contribution is 8.00. The van der Waals surface area contributed by atoms with E-state index in [1.807, 2.05) is 24.3 Å². The minimum Gasteiger partial charge on any atom is -0.354 e. The number of nitrogens with zero attached hydrogens (tertiary/aromatic N) is 2. The lowest BCUT2D eigenvalue weighted by Crippen LogP contribution is -2.45. The van der Waals surface area contributed by atoms with Crippen molar-refractivity contribution in [1.29, 1.82) is 0 Å². The minimum absolute atomic E-state index is 0.0278. The molecule has 0 bridgehead atoms. The van der Waals surface area contributed by atoms with E-state index in [1.165, 1.54) is 23.1 Å². The standard InChI is InChI=1S/C19H20N4O3S2/c24-17-11-27-15-7-2-1-6-14(15)23(17)9-16-21-13(10-28-16)19(26)22-12-5-3-4-8-20-18(12)25/h1-2,6-7,10,12H,3-5,8-9,11H2,(H,20,25)(H,22,26). The molecule has 4 rings (SSSR count). The summed E-state index contributed by atoms with van der Waals surface area (Å²) in [5.41, 5.74) is 1.16. The highest BCUT2D eigenvalue weighted by Crippen LogP contribution is 2.36. The molecule has 1 aromatic carbocycles. The molecule has 7 nitrogen and oxygen atoms in total. The Labute approximate surface area is 170 Å². The van der Waals surface area contributed by atoms with E-state index in [2.05, 4.69) is 15.6 Å². The number of amides is 3. The first-order chi connectivity index (χ1) is 13.6. The first-order valence-corrected chi connectivity index (χ1v) is 11.0. The van der Waals surface area contributed by atoms with Crippen LogP contribution < -0.4 is 15.5 Å². The number of rotatable bonds is 4. The van der Waals surface area contributed by atoms with Crippen molar-refractivity contribution in [2.75, 3.05) is 17.2 Å². The Hall–Kier alpha value is -2.39. The zero-order chi connectivity index (χ0) is 19.5. The average molecular weight is 417 g/mol. The molecule has 9 heteroatoms. The number of nitrogens with one attached hydrogen (secondary N) is 2. The van der Waals surface area contributed by atoms with E-state index in [1.54, 1.807) is 10.3 Å². The molecule has 28 heavy (non-hydrogen) atoms. The zero-order valence-electron chi connectivity index (χ0n) is 15.1. The quantitative estimate of drug-likeness (QED) is 0.797. The van der Waals surface area contributed by atoms with Crippen LogP contribution in [-0.2, 0) is 16.1 Å². The lowest BCUT2D eigenvalue weighted by Gasteiger charge is -2.28. The van der Waals surface area contributed by atoms with E-state index < -0.39 is 6.04 Å². The number of benzene rings is 1. The van der Waals surface area contributed by atoms with E-state index >= 15 is 0 Å². The molecule has 1 unspecified atom stereocenters. The van der Waals surface area contributed by atoms with Crippen LogP contribution >= 0.6 is 23.1 Å². The molecule has 0 aliphatic carbocycles. The van der Waals surface area contributed by atoms with Crippen LogP contribution in [0.15, 0.2) is 34.5 Å². The van der Waals surface area contributed by atoms with E-state index in [0.29, 0.717) is 30.3 Å². The van der Waals surface area contributed by atoms with E-state index in [4.69, 9.17) is 0 Å². The van der Waals surface area contributed by atoms with Crippen molar-refractivity contribution in [3.05, 3.63) is 40.3 Å². The van der Waals surface area contributed by atoms with Crippen molar-refractivity contribution in [1.82, 2.24) is 15.6 Å². The van der Waals surface area contributed by atoms with Crippen LogP contribution in [0, 0.1) is 0 Å². The summed E-state index contributed by atoms with van der Waals surface area (Å²) in [6, 6.07) is 7.26. The van der Waals surface area contributed by atoms with Crippen LogP contribution in [-0.4, -0.2) is 41.0 Å². The van der Waals surface area contributed by atoms with E-state index in [9.17, 15) is 14.4 Å². The molecule has 0 radical (unpaired) electrons. The fourth-order valence-electron chi connectivity index (χ4n) is 3.26. The predicted octanol–water partition coefficient (Wildman–Crippen LogP) is 2.18. The maximum atomic E-state index is 12.5. The lowest BCUT2D eigenvalue weighted by atomic mass is 10.1. The summed E-state index contributed by atoms with van der Waals surface area (Å²) in [5, 5.41) is 7.94. The maximum Gasteiger partial charge on any atom is 0.271 e. The highest BCUT2D eigenvalue weighted by atomic mass is 32.2. The molecule has 3 heterocycles. The van der Waals surface area contributed by atoms with Crippen molar-refractivity contribution >= 4 is 46.5 Å². The fourth-order valence-corrected chi connectivity index (χ4v) is 4.96. The van der Waals surface area contributed by atoms with E-state index in [-0.39, 0.29) is 23.4 Å². The van der Waals surface area contributed by atoms with Crippen LogP contribution in [0.3, 0.4) is 0 Å². The van der Waals surface area contributed by atoms with Crippen LogP contribution in [0.2, 0.25) is 0 Å². The summed E-state index contributed by atoms with van der Waals surface area (Å²) in [4.78, 5) is 44.1. The van der Waals surface area contributed by atoms with Crippen molar-refractivity contribution in [2.45, 2.75) is 36.7 Å². The number of anilines is 1. The van der Waals surface area contributed by atoms with Crippen LogP contribution in [0.4, 0.5) is 5.69 Å². The van der Waals surface area contributed by atoms with Gasteiger partial charge < -0.3 is 15.5 Å². The van der Waals surface area contributed by atoms with Gasteiger partial charge in [0, 0.05) is 16.8 Å². The maximum absolute atomic E-state index is 12.5. The Morgan fingerprint density at radius 2 is 2.14 bits per heavy atom. The van der Waals surface area contributed by atoms with E-state index in [0.717, 1.165) is 23.4 Å². The Morgan fingerprint density at radius 3 is 3.04 bits per heavy atom. The van der Waals surface area contributed by atoms with Gasteiger partial charge in [-0.05, 0) is 31.4 Å². The second kappa shape index (κ2) is 8.32. The Morgan fingerprint density at radius 1 is 1.29 bits per heavy atom. The Bertz CT molecular complexity index is 914. The zero-order valence-corrected chi connectivity index (χ0v) is 16.8. The summed E-state index contributed by atoms with van der Waals surface area (Å²) in [6.07, 6.45) is 2.44. The fraction of sp³-hybridized carbons (Fsp3) is 0.368. The van der Waals surface area contributed by atoms with Crippen LogP contribution in [0.25, 0.3) is 0 Å². The third-order valence-corrected chi connectivity index (χ3v) is 6.61. The number of carbonyl (C=O) groups excluding carboxylic acids is 3. The van der Waals surface area contributed by atoms with Gasteiger partial charge in [0.05, 0.1) is 18.0 Å². The molecule has 2 N–H and O–H groups in total. The van der Waals surface area contributed by atoms with Crippen molar-refractivity contribution in [2.24, 2.45) is 0 Å². The molecule has 1 atom stereocenters. The number of thiazole rings is 1. The third kappa shape index (κ3) is 4.05. The number of thioether (sulfide) groups is 1. The third-order valence-electron chi connectivity index (χ3n) is 4.73. The number of fused-ring (bicyclic) bond motifs is 1. The Balaban J connectivity index is 1.45. The monoisotopic (exact) mass is 416 g/mol. The molecule has 146 valence electrons. The van der Waals surface area contributed by atoms with Gasteiger partial charge in [-0.25, -0.2) is 4.98 Å². The van der Waals surface area contributed by atoms with Crippen molar-refractivity contribution in [3.63, 3.8) is 0 Å². The molecule has 0 spiro atoms. The first kappa shape index (κ1) is 18.9. The summed E-state index contributed by atoms with van der Waals surface area (Å²) >= 11 is 2.87. The highest BCUT2D eigenvalue weighted by Gasteiger charge is 2.27. The van der Waals surface area contributed by atoms with Crippen molar-refractivity contribution < 1.29 is 14.4 Å².